The molecule has 0 saturated heterocycles. The zero-order valence-corrected chi connectivity index (χ0v) is 12.5. The average molecular weight is 309 g/mol. The van der Waals surface area contributed by atoms with Crippen molar-refractivity contribution in [2.24, 2.45) is 0 Å². The second-order valence-corrected chi connectivity index (χ2v) is 4.63. The molecule has 118 valence electrons. The molecule has 10 nitrogen and oxygen atoms in total. The number of aromatic nitrogens is 3. The first-order valence-corrected chi connectivity index (χ1v) is 6.36. The summed E-state index contributed by atoms with van der Waals surface area (Å²) in [4.78, 5) is 22.5. The Labute approximate surface area is 125 Å². The molecule has 0 aromatic carbocycles. The number of carbonyl (C=O) groups excluding carboxylic acids is 1. The molecule has 1 unspecified atom stereocenters. The minimum absolute atomic E-state index is 0.151. The van der Waals surface area contributed by atoms with Gasteiger partial charge in [0, 0.05) is 0 Å². The Balaban J connectivity index is 2.22. The third-order valence-electron chi connectivity index (χ3n) is 3.13. The normalized spacial score (nSPS) is 12.0. The van der Waals surface area contributed by atoms with Gasteiger partial charge in [0.2, 0.25) is 5.91 Å². The van der Waals surface area contributed by atoms with Crippen molar-refractivity contribution >= 4 is 17.3 Å². The lowest BCUT2D eigenvalue weighted by atomic mass is 10.2. The molecule has 2 aromatic heterocycles. The highest BCUT2D eigenvalue weighted by Crippen LogP contribution is 2.27. The number of hydrogen-bond acceptors (Lipinski definition) is 7. The molecular formula is C12H15N5O5. The van der Waals surface area contributed by atoms with Crippen LogP contribution in [-0.4, -0.2) is 32.9 Å². The number of aryl methyl sites for hydroxylation is 2. The summed E-state index contributed by atoms with van der Waals surface area (Å²) < 4.78 is 11.0. The highest BCUT2D eigenvalue weighted by molar-refractivity contribution is 5.94. The number of rotatable bonds is 5. The van der Waals surface area contributed by atoms with Gasteiger partial charge in [0.1, 0.15) is 23.6 Å². The molecule has 0 spiro atoms. The van der Waals surface area contributed by atoms with Gasteiger partial charge in [-0.3, -0.25) is 14.9 Å². The summed E-state index contributed by atoms with van der Waals surface area (Å²) in [7, 11) is 1.27. The second kappa shape index (κ2) is 5.84. The first-order chi connectivity index (χ1) is 10.3. The van der Waals surface area contributed by atoms with E-state index in [2.05, 4.69) is 15.6 Å². The van der Waals surface area contributed by atoms with E-state index in [1.54, 1.807) is 20.8 Å². The van der Waals surface area contributed by atoms with Crippen molar-refractivity contribution < 1.29 is 19.0 Å². The van der Waals surface area contributed by atoms with E-state index in [1.165, 1.54) is 11.8 Å². The Bertz CT molecular complexity index is 700. The lowest BCUT2D eigenvalue weighted by Gasteiger charge is -2.11. The number of amides is 1. The molecule has 0 radical (unpaired) electrons. The highest BCUT2D eigenvalue weighted by Gasteiger charge is 2.26. The van der Waals surface area contributed by atoms with E-state index in [-0.39, 0.29) is 11.6 Å². The SMILES string of the molecule is COc1nn(C(C)C(=O)Nc2c(C)noc2C)cc1[N+](=O)[O-]. The second-order valence-electron chi connectivity index (χ2n) is 4.63. The lowest BCUT2D eigenvalue weighted by molar-refractivity contribution is -0.385. The van der Waals surface area contributed by atoms with Crippen LogP contribution in [-0.2, 0) is 4.79 Å². The minimum Gasteiger partial charge on any atom is -0.475 e. The van der Waals surface area contributed by atoms with Gasteiger partial charge >= 0.3 is 11.6 Å². The molecule has 0 aliphatic carbocycles. The molecule has 0 aliphatic heterocycles. The molecule has 1 atom stereocenters. The number of nitrogens with zero attached hydrogens (tertiary/aromatic N) is 4. The Kier molecular flexibility index (Phi) is 4.11. The van der Waals surface area contributed by atoms with E-state index in [1.807, 2.05) is 0 Å². The van der Waals surface area contributed by atoms with Gasteiger partial charge in [-0.15, -0.1) is 5.10 Å². The maximum atomic E-state index is 12.2. The van der Waals surface area contributed by atoms with Crippen LogP contribution in [0.2, 0.25) is 0 Å². The van der Waals surface area contributed by atoms with Gasteiger partial charge in [0.05, 0.1) is 12.0 Å². The first kappa shape index (κ1) is 15.5. The van der Waals surface area contributed by atoms with Gasteiger partial charge < -0.3 is 14.6 Å². The summed E-state index contributed by atoms with van der Waals surface area (Å²) >= 11 is 0. The van der Waals surface area contributed by atoms with Crippen molar-refractivity contribution in [2.75, 3.05) is 12.4 Å². The van der Waals surface area contributed by atoms with Crippen molar-refractivity contribution in [3.63, 3.8) is 0 Å². The van der Waals surface area contributed by atoms with Crippen molar-refractivity contribution in [1.82, 2.24) is 14.9 Å². The fourth-order valence-electron chi connectivity index (χ4n) is 1.84. The van der Waals surface area contributed by atoms with Crippen LogP contribution >= 0.6 is 0 Å². The van der Waals surface area contributed by atoms with Gasteiger partial charge in [-0.25, -0.2) is 4.68 Å². The smallest absolute Gasteiger partial charge is 0.350 e. The van der Waals surface area contributed by atoms with Gasteiger partial charge in [0.25, 0.3) is 0 Å². The largest absolute Gasteiger partial charge is 0.475 e. The predicted octanol–water partition coefficient (Wildman–Crippen LogP) is 1.60. The molecule has 0 aliphatic rings. The Morgan fingerprint density at radius 2 is 2.23 bits per heavy atom. The average Bonchev–Trinajstić information content (AvgIpc) is 3.04. The van der Waals surface area contributed by atoms with Gasteiger partial charge in [0.15, 0.2) is 5.76 Å². The zero-order chi connectivity index (χ0) is 16.4. The summed E-state index contributed by atoms with van der Waals surface area (Å²) in [5, 5.41) is 21.2. The summed E-state index contributed by atoms with van der Waals surface area (Å²) in [5.74, 6) is -0.0847. The third kappa shape index (κ3) is 2.75. The minimum atomic E-state index is -0.781. The van der Waals surface area contributed by atoms with Crippen molar-refractivity contribution in [3.05, 3.63) is 27.8 Å². The number of carbonyl (C=O) groups is 1. The van der Waals surface area contributed by atoms with Crippen LogP contribution < -0.4 is 10.1 Å². The molecule has 0 saturated carbocycles. The van der Waals surface area contributed by atoms with E-state index >= 15 is 0 Å². The number of nitro groups is 1. The monoisotopic (exact) mass is 309 g/mol. The molecule has 1 amide bonds. The Morgan fingerprint density at radius 3 is 2.68 bits per heavy atom. The number of nitrogens with one attached hydrogen (secondary N) is 1. The van der Waals surface area contributed by atoms with Crippen molar-refractivity contribution in [3.8, 4) is 5.88 Å². The molecule has 2 rings (SSSR count). The molecule has 1 N–H and O–H groups in total. The number of anilines is 1. The Morgan fingerprint density at radius 1 is 1.55 bits per heavy atom. The highest BCUT2D eigenvalue weighted by atomic mass is 16.6. The lowest BCUT2D eigenvalue weighted by Crippen LogP contribution is -2.24. The molecule has 0 fully saturated rings. The summed E-state index contributed by atoms with van der Waals surface area (Å²) in [5.41, 5.74) is 0.715. The first-order valence-electron chi connectivity index (χ1n) is 6.36. The molecule has 10 heteroatoms. The van der Waals surface area contributed by atoms with E-state index in [0.29, 0.717) is 17.1 Å². The van der Waals surface area contributed by atoms with Crippen LogP contribution in [0.5, 0.6) is 5.88 Å². The Hall–Kier alpha value is -2.91. The van der Waals surface area contributed by atoms with E-state index < -0.39 is 16.9 Å². The molecule has 2 heterocycles. The van der Waals surface area contributed by atoms with E-state index in [9.17, 15) is 14.9 Å². The van der Waals surface area contributed by atoms with E-state index in [4.69, 9.17) is 9.26 Å². The van der Waals surface area contributed by atoms with Crippen LogP contribution in [0.1, 0.15) is 24.4 Å². The standard InChI is InChI=1S/C12H15N5O5/c1-6-10(8(3)22-15-6)13-11(18)7(2)16-5-9(17(19)20)12(14-16)21-4/h5,7H,1-4H3,(H,13,18). The topological polar surface area (TPSA) is 125 Å². The van der Waals surface area contributed by atoms with Gasteiger partial charge in [-0.2, -0.15) is 0 Å². The quantitative estimate of drug-likeness (QED) is 0.656. The van der Waals surface area contributed by atoms with Crippen molar-refractivity contribution in [1.29, 1.82) is 0 Å². The third-order valence-corrected chi connectivity index (χ3v) is 3.13. The number of hydrogen-bond donors (Lipinski definition) is 1. The van der Waals surface area contributed by atoms with E-state index in [0.717, 1.165) is 6.20 Å². The van der Waals surface area contributed by atoms with Gasteiger partial charge in [-0.05, 0) is 20.8 Å². The summed E-state index contributed by atoms with van der Waals surface area (Å²) in [6, 6.07) is -0.781. The maximum Gasteiger partial charge on any atom is 0.350 e. The molecule has 22 heavy (non-hydrogen) atoms. The van der Waals surface area contributed by atoms with Crippen molar-refractivity contribution in [2.45, 2.75) is 26.8 Å². The summed E-state index contributed by atoms with van der Waals surface area (Å²) in [6.45, 7) is 4.92. The fourth-order valence-corrected chi connectivity index (χ4v) is 1.84. The molecule has 0 bridgehead atoms. The zero-order valence-electron chi connectivity index (χ0n) is 12.5. The number of methoxy groups -OCH3 is 1. The summed E-state index contributed by atoms with van der Waals surface area (Å²) in [6.07, 6.45) is 1.15. The van der Waals surface area contributed by atoms with Crippen LogP contribution in [0.4, 0.5) is 11.4 Å². The van der Waals surface area contributed by atoms with Crippen LogP contribution in [0, 0.1) is 24.0 Å². The predicted molar refractivity (Wildman–Crippen MR) is 74.8 cm³/mol. The molecule has 2 aromatic rings. The maximum absolute atomic E-state index is 12.2. The van der Waals surface area contributed by atoms with Crippen LogP contribution in [0.25, 0.3) is 0 Å². The number of ether oxygens (including phenoxy) is 1. The molecular weight excluding hydrogens is 294 g/mol. The van der Waals surface area contributed by atoms with Crippen LogP contribution in [0.15, 0.2) is 10.7 Å². The fraction of sp³-hybridized carbons (Fsp3) is 0.417. The van der Waals surface area contributed by atoms with Crippen LogP contribution in [0.3, 0.4) is 0 Å². The van der Waals surface area contributed by atoms with Gasteiger partial charge in [-0.1, -0.05) is 5.16 Å².